The Morgan fingerprint density at radius 3 is 2.38 bits per heavy atom. The normalized spacial score (nSPS) is 15.5. The van der Waals surface area contributed by atoms with Gasteiger partial charge in [-0.25, -0.2) is 4.79 Å². The lowest BCUT2D eigenvalue weighted by Crippen LogP contribution is -2.52. The molecule has 0 radical (unpaired) electrons. The smallest absolute Gasteiger partial charge is 0.335 e. The van der Waals surface area contributed by atoms with Crippen LogP contribution in [0, 0.1) is 0 Å². The van der Waals surface area contributed by atoms with Crippen molar-refractivity contribution in [2.45, 2.75) is 24.9 Å². The van der Waals surface area contributed by atoms with Gasteiger partial charge in [-0.1, -0.05) is 36.4 Å². The molecule has 3 rings (SSSR count). The van der Waals surface area contributed by atoms with Gasteiger partial charge >= 0.3 is 5.97 Å². The van der Waals surface area contributed by atoms with Gasteiger partial charge in [0.25, 0.3) is 0 Å². The summed E-state index contributed by atoms with van der Waals surface area (Å²) in [5.74, 6) is -0.882. The molecule has 2 aromatic carbocycles. The number of carboxylic acids is 1. The van der Waals surface area contributed by atoms with E-state index in [9.17, 15) is 4.79 Å². The molecule has 2 N–H and O–H groups in total. The number of carbonyl (C=O) groups is 1. The van der Waals surface area contributed by atoms with Gasteiger partial charge in [0, 0.05) is 18.6 Å². The van der Waals surface area contributed by atoms with Crippen LogP contribution in [0.5, 0.6) is 0 Å². The third-order valence-electron chi connectivity index (χ3n) is 5.06. The first-order valence-corrected chi connectivity index (χ1v) is 8.27. The van der Waals surface area contributed by atoms with Crippen molar-refractivity contribution in [3.05, 3.63) is 70.8 Å². The molecule has 2 aromatic rings. The van der Waals surface area contributed by atoms with Crippen LogP contribution in [0.1, 0.15) is 27.0 Å². The number of likely N-dealkylation sites (N-methyl/N-ethyl adjacent to an activating group) is 1. The number of aromatic carboxylic acids is 1. The lowest BCUT2D eigenvalue weighted by atomic mass is 9.94. The van der Waals surface area contributed by atoms with E-state index in [4.69, 9.17) is 5.11 Å². The standard InChI is InChI=1S/C20H24N2O2/c1-22(2)20(11-17-7-3-4-8-18(17)12-20)14-21-13-15-6-5-9-16(10-15)19(23)24/h3-10,21H,11-14H2,1-2H3,(H,23,24). The van der Waals surface area contributed by atoms with Gasteiger partial charge in [0.1, 0.15) is 0 Å². The minimum absolute atomic E-state index is 0.0775. The summed E-state index contributed by atoms with van der Waals surface area (Å²) >= 11 is 0. The van der Waals surface area contributed by atoms with Gasteiger partial charge in [-0.2, -0.15) is 0 Å². The molecule has 0 saturated carbocycles. The topological polar surface area (TPSA) is 52.6 Å². The van der Waals surface area contributed by atoms with Crippen LogP contribution in [0.3, 0.4) is 0 Å². The zero-order chi connectivity index (χ0) is 17.2. The molecule has 0 saturated heterocycles. The number of fused-ring (bicyclic) bond motifs is 1. The molecule has 0 atom stereocenters. The molecule has 24 heavy (non-hydrogen) atoms. The second-order valence-corrected chi connectivity index (χ2v) is 6.85. The Morgan fingerprint density at radius 2 is 1.79 bits per heavy atom. The van der Waals surface area contributed by atoms with E-state index in [1.54, 1.807) is 18.2 Å². The van der Waals surface area contributed by atoms with Crippen LogP contribution in [-0.2, 0) is 19.4 Å². The van der Waals surface area contributed by atoms with E-state index in [1.165, 1.54) is 11.1 Å². The molecule has 126 valence electrons. The molecule has 0 bridgehead atoms. The van der Waals surface area contributed by atoms with Crippen molar-refractivity contribution in [3.63, 3.8) is 0 Å². The summed E-state index contributed by atoms with van der Waals surface area (Å²) < 4.78 is 0. The van der Waals surface area contributed by atoms with Crippen LogP contribution in [-0.4, -0.2) is 42.2 Å². The third kappa shape index (κ3) is 3.35. The molecule has 4 nitrogen and oxygen atoms in total. The third-order valence-corrected chi connectivity index (χ3v) is 5.06. The first-order chi connectivity index (χ1) is 11.5. The van der Waals surface area contributed by atoms with Gasteiger partial charge in [-0.05, 0) is 55.8 Å². The average Bonchev–Trinajstić information content (AvgIpc) is 2.95. The molecule has 1 aliphatic rings. The van der Waals surface area contributed by atoms with E-state index in [0.29, 0.717) is 12.1 Å². The van der Waals surface area contributed by atoms with E-state index >= 15 is 0 Å². The maximum Gasteiger partial charge on any atom is 0.335 e. The predicted octanol–water partition coefficient (Wildman–Crippen LogP) is 2.57. The Morgan fingerprint density at radius 1 is 1.12 bits per heavy atom. The molecule has 1 aliphatic carbocycles. The van der Waals surface area contributed by atoms with Crippen LogP contribution in [0.15, 0.2) is 48.5 Å². The Hall–Kier alpha value is -2.17. The minimum atomic E-state index is -0.882. The molecule has 0 fully saturated rings. The Balaban J connectivity index is 1.66. The lowest BCUT2D eigenvalue weighted by molar-refractivity contribution is 0.0696. The molecule has 0 aromatic heterocycles. The predicted molar refractivity (Wildman–Crippen MR) is 95.4 cm³/mol. The van der Waals surface area contributed by atoms with Crippen LogP contribution in [0.25, 0.3) is 0 Å². The molecular formula is C20H24N2O2. The second kappa shape index (κ2) is 6.75. The molecule has 0 aliphatic heterocycles. The zero-order valence-electron chi connectivity index (χ0n) is 14.2. The summed E-state index contributed by atoms with van der Waals surface area (Å²) in [5.41, 5.74) is 4.28. The van der Waals surface area contributed by atoms with E-state index in [2.05, 4.69) is 48.6 Å². The van der Waals surface area contributed by atoms with Crippen molar-refractivity contribution in [2.24, 2.45) is 0 Å². The van der Waals surface area contributed by atoms with E-state index in [-0.39, 0.29) is 5.54 Å². The summed E-state index contributed by atoms with van der Waals surface area (Å²) in [5, 5.41) is 12.6. The number of rotatable bonds is 6. The number of carboxylic acid groups (broad SMARTS) is 1. The fraction of sp³-hybridized carbons (Fsp3) is 0.350. The molecule has 0 spiro atoms. The molecular weight excluding hydrogens is 300 g/mol. The highest BCUT2D eigenvalue weighted by Gasteiger charge is 2.38. The fourth-order valence-electron chi connectivity index (χ4n) is 3.53. The van der Waals surface area contributed by atoms with Gasteiger partial charge < -0.3 is 15.3 Å². The molecule has 0 unspecified atom stereocenters. The van der Waals surface area contributed by atoms with E-state index in [0.717, 1.165) is 24.9 Å². The van der Waals surface area contributed by atoms with E-state index < -0.39 is 5.97 Å². The quantitative estimate of drug-likeness (QED) is 0.857. The highest BCUT2D eigenvalue weighted by Crippen LogP contribution is 2.33. The largest absolute Gasteiger partial charge is 0.478 e. The summed E-state index contributed by atoms with van der Waals surface area (Å²) in [6.07, 6.45) is 2.08. The van der Waals surface area contributed by atoms with Gasteiger partial charge in [0.15, 0.2) is 0 Å². The van der Waals surface area contributed by atoms with Gasteiger partial charge in [0.05, 0.1) is 5.56 Å². The first kappa shape index (κ1) is 16.7. The summed E-state index contributed by atoms with van der Waals surface area (Å²) in [6, 6.07) is 15.8. The number of hydrogen-bond acceptors (Lipinski definition) is 3. The summed E-state index contributed by atoms with van der Waals surface area (Å²) in [4.78, 5) is 13.4. The number of nitrogens with one attached hydrogen (secondary N) is 1. The maximum absolute atomic E-state index is 11.1. The van der Waals surface area contributed by atoms with Crippen molar-refractivity contribution in [3.8, 4) is 0 Å². The fourth-order valence-corrected chi connectivity index (χ4v) is 3.53. The van der Waals surface area contributed by atoms with Crippen LogP contribution in [0.4, 0.5) is 0 Å². The highest BCUT2D eigenvalue weighted by atomic mass is 16.4. The van der Waals surface area contributed by atoms with Gasteiger partial charge in [0.2, 0.25) is 0 Å². The zero-order valence-corrected chi connectivity index (χ0v) is 14.2. The second-order valence-electron chi connectivity index (χ2n) is 6.85. The van der Waals surface area contributed by atoms with Crippen LogP contribution >= 0.6 is 0 Å². The molecule has 0 heterocycles. The van der Waals surface area contributed by atoms with Crippen LogP contribution < -0.4 is 5.32 Å². The van der Waals surface area contributed by atoms with E-state index in [1.807, 2.05) is 6.07 Å². The van der Waals surface area contributed by atoms with Crippen molar-refractivity contribution in [1.29, 1.82) is 0 Å². The lowest BCUT2D eigenvalue weighted by Gasteiger charge is -2.36. The minimum Gasteiger partial charge on any atom is -0.478 e. The Kier molecular flexibility index (Phi) is 4.69. The van der Waals surface area contributed by atoms with Crippen molar-refractivity contribution < 1.29 is 9.90 Å². The van der Waals surface area contributed by atoms with Gasteiger partial charge in [-0.3, -0.25) is 0 Å². The maximum atomic E-state index is 11.1. The summed E-state index contributed by atoms with van der Waals surface area (Å²) in [6.45, 7) is 1.54. The number of nitrogens with zero attached hydrogens (tertiary/aromatic N) is 1. The first-order valence-electron chi connectivity index (χ1n) is 8.27. The average molecular weight is 324 g/mol. The van der Waals surface area contributed by atoms with Crippen LogP contribution in [0.2, 0.25) is 0 Å². The molecule has 4 heteroatoms. The number of benzene rings is 2. The Labute approximate surface area is 143 Å². The van der Waals surface area contributed by atoms with Crippen molar-refractivity contribution in [1.82, 2.24) is 10.2 Å². The summed E-state index contributed by atoms with van der Waals surface area (Å²) in [7, 11) is 4.28. The van der Waals surface area contributed by atoms with Crippen molar-refractivity contribution in [2.75, 3.05) is 20.6 Å². The Bertz CT molecular complexity index is 715. The SMILES string of the molecule is CN(C)C1(CNCc2cccc(C(=O)O)c2)Cc2ccccc2C1. The number of hydrogen-bond donors (Lipinski definition) is 2. The van der Waals surface area contributed by atoms with Gasteiger partial charge in [-0.15, -0.1) is 0 Å². The monoisotopic (exact) mass is 324 g/mol. The highest BCUT2D eigenvalue weighted by molar-refractivity contribution is 5.87. The molecule has 0 amide bonds. The van der Waals surface area contributed by atoms with Crippen molar-refractivity contribution >= 4 is 5.97 Å².